The Kier molecular flexibility index (Phi) is 7.81. The summed E-state index contributed by atoms with van der Waals surface area (Å²) in [7, 11) is -2.68. The highest BCUT2D eigenvalue weighted by molar-refractivity contribution is 7.92. The van der Waals surface area contributed by atoms with Gasteiger partial charge in [0.1, 0.15) is 11.5 Å². The fraction of sp³-hybridized carbons (Fsp3) is 0.174. The van der Waals surface area contributed by atoms with Gasteiger partial charge in [-0.3, -0.25) is 9.52 Å². The summed E-state index contributed by atoms with van der Waals surface area (Å²) < 4.78 is 77.0. The molecule has 0 radical (unpaired) electrons. The van der Waals surface area contributed by atoms with Crippen LogP contribution in [0.2, 0.25) is 5.02 Å². The maximum absolute atomic E-state index is 13.0. The normalized spacial score (nSPS) is 12.5. The van der Waals surface area contributed by atoms with E-state index < -0.39 is 38.8 Å². The maximum Gasteiger partial charge on any atom is 0.417 e. The first-order valence-electron chi connectivity index (χ1n) is 10.0. The number of anilines is 2. The third-order valence-corrected chi connectivity index (χ3v) is 6.42. The van der Waals surface area contributed by atoms with Crippen LogP contribution in [0.4, 0.5) is 24.5 Å². The lowest BCUT2D eigenvalue weighted by molar-refractivity contribution is -0.137. The van der Waals surface area contributed by atoms with Crippen molar-refractivity contribution in [2.24, 2.45) is 0 Å². The minimum absolute atomic E-state index is 0.221. The van der Waals surface area contributed by atoms with Gasteiger partial charge in [-0.05, 0) is 73.7 Å². The molecule has 0 unspecified atom stereocenters. The standard InChI is InChI=1S/C23H20ClF3N2O5S/c1-14(34-18-8-6-17(33-2)7-9-18)22(30)28-15-3-10-19(11-4-15)35(31,32)29-16-5-12-21(24)20(13-16)23(25,26)27/h3-14,29H,1-2H3,(H,28,30)/t14-/m1/s1. The Labute approximate surface area is 204 Å². The Morgan fingerprint density at radius 1 is 0.943 bits per heavy atom. The molecule has 35 heavy (non-hydrogen) atoms. The second-order valence-corrected chi connectivity index (χ2v) is 9.34. The number of alkyl halides is 3. The van der Waals surface area contributed by atoms with Gasteiger partial charge in [-0.2, -0.15) is 13.2 Å². The summed E-state index contributed by atoms with van der Waals surface area (Å²) in [6.07, 6.45) is -5.60. The van der Waals surface area contributed by atoms with Crippen molar-refractivity contribution < 1.29 is 35.9 Å². The zero-order valence-electron chi connectivity index (χ0n) is 18.4. The van der Waals surface area contributed by atoms with E-state index in [2.05, 4.69) is 10.0 Å². The fourth-order valence-electron chi connectivity index (χ4n) is 2.89. The number of methoxy groups -OCH3 is 1. The molecule has 0 heterocycles. The van der Waals surface area contributed by atoms with Crippen LogP contribution in [0.25, 0.3) is 0 Å². The van der Waals surface area contributed by atoms with Crippen molar-refractivity contribution in [1.29, 1.82) is 0 Å². The number of sulfonamides is 1. The number of rotatable bonds is 8. The van der Waals surface area contributed by atoms with Crippen LogP contribution in [0.1, 0.15) is 12.5 Å². The van der Waals surface area contributed by atoms with Gasteiger partial charge < -0.3 is 14.8 Å². The van der Waals surface area contributed by atoms with Gasteiger partial charge in [0.2, 0.25) is 0 Å². The van der Waals surface area contributed by atoms with Crippen molar-refractivity contribution in [3.05, 3.63) is 77.3 Å². The molecule has 2 N–H and O–H groups in total. The molecule has 0 aliphatic carbocycles. The molecule has 0 aliphatic rings. The largest absolute Gasteiger partial charge is 0.497 e. The molecule has 1 atom stereocenters. The second kappa shape index (κ2) is 10.4. The number of halogens is 4. The van der Waals surface area contributed by atoms with Crippen molar-refractivity contribution in [2.45, 2.75) is 24.1 Å². The first-order chi connectivity index (χ1) is 16.4. The van der Waals surface area contributed by atoms with Gasteiger partial charge in [-0.15, -0.1) is 0 Å². The monoisotopic (exact) mass is 528 g/mol. The molecular formula is C23H20ClF3N2O5S. The number of amides is 1. The predicted octanol–water partition coefficient (Wildman–Crippen LogP) is 5.57. The summed E-state index contributed by atoms with van der Waals surface area (Å²) >= 11 is 5.56. The van der Waals surface area contributed by atoms with E-state index in [-0.39, 0.29) is 10.6 Å². The van der Waals surface area contributed by atoms with Crippen LogP contribution >= 0.6 is 11.6 Å². The molecule has 186 valence electrons. The number of hydrogen-bond acceptors (Lipinski definition) is 5. The van der Waals surface area contributed by atoms with Crippen LogP contribution in [0, 0.1) is 0 Å². The summed E-state index contributed by atoms with van der Waals surface area (Å²) in [6, 6.07) is 14.4. The molecule has 0 bridgehead atoms. The van der Waals surface area contributed by atoms with Crippen molar-refractivity contribution in [2.75, 3.05) is 17.1 Å². The lowest BCUT2D eigenvalue weighted by atomic mass is 10.2. The lowest BCUT2D eigenvalue weighted by Gasteiger charge is -2.15. The van der Waals surface area contributed by atoms with E-state index in [0.717, 1.165) is 12.1 Å². The van der Waals surface area contributed by atoms with Crippen LogP contribution in [0.3, 0.4) is 0 Å². The minimum Gasteiger partial charge on any atom is -0.497 e. The second-order valence-electron chi connectivity index (χ2n) is 7.25. The zero-order valence-corrected chi connectivity index (χ0v) is 20.0. The lowest BCUT2D eigenvalue weighted by Crippen LogP contribution is -2.30. The minimum atomic E-state index is -4.74. The molecule has 0 spiro atoms. The van der Waals surface area contributed by atoms with Gasteiger partial charge in [-0.25, -0.2) is 8.42 Å². The van der Waals surface area contributed by atoms with Crippen LogP contribution in [0.5, 0.6) is 11.5 Å². The van der Waals surface area contributed by atoms with Crippen molar-refractivity contribution >= 4 is 38.9 Å². The van der Waals surface area contributed by atoms with Gasteiger partial charge in [-0.1, -0.05) is 11.6 Å². The van der Waals surface area contributed by atoms with E-state index in [1.54, 1.807) is 31.2 Å². The SMILES string of the molecule is COc1ccc(O[C@H](C)C(=O)Nc2ccc(S(=O)(=O)Nc3ccc(Cl)c(C(F)(F)F)c3)cc2)cc1. The van der Waals surface area contributed by atoms with Crippen molar-refractivity contribution in [1.82, 2.24) is 0 Å². The highest BCUT2D eigenvalue weighted by Crippen LogP contribution is 2.36. The quantitative estimate of drug-likeness (QED) is 0.398. The molecule has 0 aromatic heterocycles. The molecule has 3 aromatic rings. The van der Waals surface area contributed by atoms with Crippen LogP contribution in [-0.4, -0.2) is 27.5 Å². The first kappa shape index (κ1) is 26.2. The smallest absolute Gasteiger partial charge is 0.417 e. The molecular weight excluding hydrogens is 509 g/mol. The van der Waals surface area contributed by atoms with E-state index in [1.807, 2.05) is 0 Å². The van der Waals surface area contributed by atoms with Gasteiger partial charge in [0, 0.05) is 11.4 Å². The van der Waals surface area contributed by atoms with Crippen molar-refractivity contribution in [3.63, 3.8) is 0 Å². The summed E-state index contributed by atoms with van der Waals surface area (Å²) in [5, 5.41) is 2.05. The highest BCUT2D eigenvalue weighted by atomic mass is 35.5. The molecule has 0 saturated carbocycles. The molecule has 7 nitrogen and oxygen atoms in total. The topological polar surface area (TPSA) is 93.7 Å². The Morgan fingerprint density at radius 3 is 2.09 bits per heavy atom. The highest BCUT2D eigenvalue weighted by Gasteiger charge is 2.33. The zero-order chi connectivity index (χ0) is 25.8. The van der Waals surface area contributed by atoms with Crippen molar-refractivity contribution in [3.8, 4) is 11.5 Å². The van der Waals surface area contributed by atoms with E-state index in [9.17, 15) is 26.4 Å². The maximum atomic E-state index is 13.0. The van der Waals surface area contributed by atoms with Crippen LogP contribution < -0.4 is 19.5 Å². The third kappa shape index (κ3) is 6.80. The third-order valence-electron chi connectivity index (χ3n) is 4.70. The Balaban J connectivity index is 1.66. The van der Waals surface area contributed by atoms with Crippen LogP contribution in [-0.2, 0) is 21.0 Å². The number of benzene rings is 3. The van der Waals surface area contributed by atoms with E-state index in [0.29, 0.717) is 23.3 Å². The number of nitrogens with one attached hydrogen (secondary N) is 2. The first-order valence-corrected chi connectivity index (χ1v) is 11.9. The average molecular weight is 529 g/mol. The molecule has 0 aliphatic heterocycles. The van der Waals surface area contributed by atoms with E-state index in [1.165, 1.54) is 31.4 Å². The summed E-state index contributed by atoms with van der Waals surface area (Å²) in [4.78, 5) is 12.2. The Morgan fingerprint density at radius 2 is 1.51 bits per heavy atom. The Hall–Kier alpha value is -3.44. The molecule has 0 saturated heterocycles. The van der Waals surface area contributed by atoms with Crippen LogP contribution in [0.15, 0.2) is 71.6 Å². The summed E-state index contributed by atoms with van der Waals surface area (Å²) in [5.74, 6) is 0.614. The molecule has 3 rings (SSSR count). The summed E-state index contributed by atoms with van der Waals surface area (Å²) in [5.41, 5.74) is -1.17. The van der Waals surface area contributed by atoms with Gasteiger partial charge >= 0.3 is 6.18 Å². The number of carbonyl (C=O) groups is 1. The van der Waals surface area contributed by atoms with E-state index in [4.69, 9.17) is 21.1 Å². The number of ether oxygens (including phenoxy) is 2. The molecule has 3 aromatic carbocycles. The Bertz CT molecular complexity index is 1300. The molecule has 0 fully saturated rings. The number of carbonyl (C=O) groups excluding carboxylic acids is 1. The van der Waals surface area contributed by atoms with Gasteiger partial charge in [0.25, 0.3) is 15.9 Å². The van der Waals surface area contributed by atoms with Gasteiger partial charge in [0.05, 0.1) is 22.6 Å². The number of hydrogen-bond donors (Lipinski definition) is 2. The summed E-state index contributed by atoms with van der Waals surface area (Å²) in [6.45, 7) is 1.55. The molecule has 12 heteroatoms. The fourth-order valence-corrected chi connectivity index (χ4v) is 4.17. The van der Waals surface area contributed by atoms with E-state index >= 15 is 0 Å². The molecule has 1 amide bonds. The predicted molar refractivity (Wildman–Crippen MR) is 125 cm³/mol. The average Bonchev–Trinajstić information content (AvgIpc) is 2.80. The van der Waals surface area contributed by atoms with Gasteiger partial charge in [0.15, 0.2) is 6.10 Å².